The highest BCUT2D eigenvalue weighted by Crippen LogP contribution is 2.65. The smallest absolute Gasteiger partial charge is 0.326 e. The maximum absolute atomic E-state index is 12.9. The van der Waals surface area contributed by atoms with E-state index in [1.807, 2.05) is 19.1 Å². The van der Waals surface area contributed by atoms with Crippen LogP contribution in [0, 0.1) is 42.4 Å². The van der Waals surface area contributed by atoms with Crippen molar-refractivity contribution in [2.45, 2.75) is 26.4 Å². The Morgan fingerprint density at radius 2 is 1.59 bits per heavy atom. The van der Waals surface area contributed by atoms with E-state index in [9.17, 15) is 19.2 Å². The molecule has 0 unspecified atom stereocenters. The van der Waals surface area contributed by atoms with Crippen molar-refractivity contribution in [3.63, 3.8) is 0 Å². The van der Waals surface area contributed by atoms with Gasteiger partial charge in [-0.1, -0.05) is 42.0 Å². The summed E-state index contributed by atoms with van der Waals surface area (Å²) >= 11 is 0. The van der Waals surface area contributed by atoms with Gasteiger partial charge in [0.05, 0.1) is 11.8 Å². The summed E-state index contributed by atoms with van der Waals surface area (Å²) in [6.07, 6.45) is 4.30. The fourth-order valence-corrected chi connectivity index (χ4v) is 5.54. The Hall–Kier alpha value is -2.76. The Balaban J connectivity index is 1.24. The van der Waals surface area contributed by atoms with Gasteiger partial charge >= 0.3 is 5.97 Å². The van der Waals surface area contributed by atoms with Gasteiger partial charge in [-0.3, -0.25) is 24.1 Å². The average molecular weight is 393 g/mol. The largest absolute Gasteiger partial charge is 0.453 e. The van der Waals surface area contributed by atoms with Crippen molar-refractivity contribution in [3.05, 3.63) is 47.5 Å². The molecule has 2 amide bonds. The van der Waals surface area contributed by atoms with Crippen LogP contribution in [0.1, 0.15) is 29.3 Å². The number of nitrogens with zero attached hydrogens (tertiary/aromatic N) is 1. The van der Waals surface area contributed by atoms with Crippen LogP contribution >= 0.6 is 0 Å². The minimum Gasteiger partial charge on any atom is -0.453 e. The third-order valence-corrected chi connectivity index (χ3v) is 7.05. The Labute approximate surface area is 168 Å². The highest BCUT2D eigenvalue weighted by Gasteiger charge is 2.67. The van der Waals surface area contributed by atoms with Gasteiger partial charge in [0.2, 0.25) is 17.6 Å². The lowest BCUT2D eigenvalue weighted by Gasteiger charge is -2.37. The highest BCUT2D eigenvalue weighted by molar-refractivity contribution is 6.08. The Morgan fingerprint density at radius 1 is 1.03 bits per heavy atom. The van der Waals surface area contributed by atoms with E-state index in [4.69, 9.17) is 4.74 Å². The number of rotatable bonds is 5. The van der Waals surface area contributed by atoms with Gasteiger partial charge in [0.1, 0.15) is 6.54 Å². The van der Waals surface area contributed by atoms with Crippen LogP contribution in [0.2, 0.25) is 0 Å². The van der Waals surface area contributed by atoms with Crippen LogP contribution in [0.4, 0.5) is 0 Å². The number of Topliss-reactive ketones (excluding diaryl/α,β-unsaturated/α-hetero) is 1. The van der Waals surface area contributed by atoms with Crippen molar-refractivity contribution in [1.29, 1.82) is 0 Å². The van der Waals surface area contributed by atoms with Crippen molar-refractivity contribution in [2.24, 2.45) is 35.5 Å². The van der Waals surface area contributed by atoms with E-state index in [1.54, 1.807) is 12.1 Å². The maximum Gasteiger partial charge on any atom is 0.326 e. The van der Waals surface area contributed by atoms with E-state index in [2.05, 4.69) is 12.2 Å². The van der Waals surface area contributed by atoms with E-state index < -0.39 is 18.6 Å². The quantitative estimate of drug-likeness (QED) is 0.331. The molecule has 6 nitrogen and oxygen atoms in total. The van der Waals surface area contributed by atoms with Gasteiger partial charge in [-0.2, -0.15) is 0 Å². The van der Waals surface area contributed by atoms with E-state index in [0.717, 1.165) is 16.9 Å². The number of carbonyl (C=O) groups is 4. The van der Waals surface area contributed by atoms with Gasteiger partial charge in [0.25, 0.3) is 0 Å². The lowest BCUT2D eigenvalue weighted by molar-refractivity contribution is -0.154. The Kier molecular flexibility index (Phi) is 4.02. The number of ether oxygens (including phenoxy) is 1. The molecule has 4 aliphatic carbocycles. The zero-order valence-corrected chi connectivity index (χ0v) is 16.4. The van der Waals surface area contributed by atoms with Gasteiger partial charge in [-0.25, -0.2) is 0 Å². The number of amides is 2. The molecule has 0 N–H and O–H groups in total. The highest BCUT2D eigenvalue weighted by atomic mass is 16.5. The van der Waals surface area contributed by atoms with Crippen LogP contribution in [-0.4, -0.2) is 41.1 Å². The number of hydrogen-bond acceptors (Lipinski definition) is 5. The number of imide groups is 1. The van der Waals surface area contributed by atoms with Gasteiger partial charge < -0.3 is 4.74 Å². The average Bonchev–Trinajstić information content (AvgIpc) is 3.49. The molecule has 6 heteroatoms. The molecule has 3 fully saturated rings. The lowest BCUT2D eigenvalue weighted by Crippen LogP contribution is -2.40. The molecule has 5 aliphatic rings. The van der Waals surface area contributed by atoms with Crippen molar-refractivity contribution < 1.29 is 23.9 Å². The zero-order valence-electron chi connectivity index (χ0n) is 16.4. The van der Waals surface area contributed by atoms with Crippen LogP contribution in [0.3, 0.4) is 0 Å². The number of allylic oxidation sites excluding steroid dienone is 2. The van der Waals surface area contributed by atoms with Crippen molar-refractivity contribution >= 4 is 23.6 Å². The molecule has 1 saturated heterocycles. The number of carbonyl (C=O) groups excluding carboxylic acids is 4. The fourth-order valence-electron chi connectivity index (χ4n) is 5.54. The second kappa shape index (κ2) is 6.37. The molecule has 0 radical (unpaired) electrons. The van der Waals surface area contributed by atoms with Crippen LogP contribution in [0.15, 0.2) is 36.4 Å². The second-order valence-electron chi connectivity index (χ2n) is 8.78. The van der Waals surface area contributed by atoms with Crippen molar-refractivity contribution in [2.75, 3.05) is 6.54 Å². The first-order valence-electron chi connectivity index (χ1n) is 10.2. The molecule has 1 aliphatic heterocycles. The van der Waals surface area contributed by atoms with Crippen LogP contribution in [0.25, 0.3) is 0 Å². The first-order valence-corrected chi connectivity index (χ1v) is 10.2. The predicted octanol–water partition coefficient (Wildman–Crippen LogP) is 2.16. The lowest BCUT2D eigenvalue weighted by atomic mass is 9.63. The summed E-state index contributed by atoms with van der Waals surface area (Å²) in [5.41, 5.74) is 1.48. The van der Waals surface area contributed by atoms with Gasteiger partial charge in [0.15, 0.2) is 6.10 Å². The molecule has 1 aromatic rings. The number of aryl methyl sites for hydroxylation is 1. The molecule has 1 aromatic carbocycles. The van der Waals surface area contributed by atoms with Gasteiger partial charge in [-0.15, -0.1) is 0 Å². The topological polar surface area (TPSA) is 80.8 Å². The van der Waals surface area contributed by atoms with E-state index in [1.165, 1.54) is 6.92 Å². The Bertz CT molecular complexity index is 913. The Morgan fingerprint density at radius 3 is 2.14 bits per heavy atom. The summed E-state index contributed by atoms with van der Waals surface area (Å²) in [6.45, 7) is 3.00. The van der Waals surface area contributed by atoms with Gasteiger partial charge in [0, 0.05) is 5.56 Å². The third kappa shape index (κ3) is 2.76. The first-order chi connectivity index (χ1) is 13.9. The molecule has 1 heterocycles. The summed E-state index contributed by atoms with van der Waals surface area (Å²) in [7, 11) is 0. The SMILES string of the molecule is Cc1ccc(C(=O)[C@H](C)OC(=O)CN2C(=O)[C@@H]3[C@@H]4C=C[C@H]([C@H]5C[C@H]45)[C@@H]3C2=O)cc1. The molecule has 2 saturated carbocycles. The number of hydrogen-bond donors (Lipinski definition) is 0. The molecule has 150 valence electrons. The molecule has 2 bridgehead atoms. The summed E-state index contributed by atoms with van der Waals surface area (Å²) in [6, 6.07) is 7.01. The fraction of sp³-hybridized carbons (Fsp3) is 0.478. The molecule has 29 heavy (non-hydrogen) atoms. The predicted molar refractivity (Wildman–Crippen MR) is 102 cm³/mol. The normalized spacial score (nSPS) is 34.6. The van der Waals surface area contributed by atoms with E-state index in [0.29, 0.717) is 17.4 Å². The summed E-state index contributed by atoms with van der Waals surface area (Å²) in [5.74, 6) is -0.968. The maximum atomic E-state index is 12.9. The summed E-state index contributed by atoms with van der Waals surface area (Å²) < 4.78 is 5.26. The van der Waals surface area contributed by atoms with Crippen LogP contribution in [-0.2, 0) is 19.1 Å². The third-order valence-electron chi connectivity index (χ3n) is 7.05. The second-order valence-corrected chi connectivity index (χ2v) is 8.78. The summed E-state index contributed by atoms with van der Waals surface area (Å²) in [5, 5.41) is 0. The summed E-state index contributed by atoms with van der Waals surface area (Å²) in [4.78, 5) is 51.7. The molecular weight excluding hydrogens is 370 g/mol. The van der Waals surface area contributed by atoms with Crippen LogP contribution < -0.4 is 0 Å². The standard InChI is InChI=1S/C23H23NO5/c1-11-3-5-13(6-4-11)21(26)12(2)29-18(25)10-24-22(27)19-14-7-8-15(17-9-16(14)17)20(19)23(24)28/h3-8,12,14-17,19-20H,9-10H2,1-2H3/t12-,14+,15+,16+,17+,19-,20+/m0/s1. The minimum atomic E-state index is -0.981. The van der Waals surface area contributed by atoms with Crippen LogP contribution in [0.5, 0.6) is 0 Å². The van der Waals surface area contributed by atoms with Crippen molar-refractivity contribution in [1.82, 2.24) is 4.90 Å². The zero-order chi connectivity index (χ0) is 20.4. The molecule has 0 aromatic heterocycles. The number of esters is 1. The molecule has 6 rings (SSSR count). The first kappa shape index (κ1) is 18.3. The number of likely N-dealkylation sites (tertiary alicyclic amines) is 1. The number of ketones is 1. The van der Waals surface area contributed by atoms with Gasteiger partial charge in [-0.05, 0) is 43.9 Å². The van der Waals surface area contributed by atoms with E-state index >= 15 is 0 Å². The molecular formula is C23H23NO5. The minimum absolute atomic E-state index is 0.120. The number of benzene rings is 1. The van der Waals surface area contributed by atoms with E-state index in [-0.39, 0.29) is 41.3 Å². The molecule has 0 spiro atoms. The van der Waals surface area contributed by atoms with Crippen molar-refractivity contribution in [3.8, 4) is 0 Å². The molecule has 7 atom stereocenters. The monoisotopic (exact) mass is 393 g/mol.